The van der Waals surface area contributed by atoms with Crippen molar-refractivity contribution in [3.8, 4) is 5.69 Å². The molecule has 3 heterocycles. The van der Waals surface area contributed by atoms with Gasteiger partial charge in [-0.3, -0.25) is 9.20 Å². The predicted octanol–water partition coefficient (Wildman–Crippen LogP) is 2.17. The number of hydrogen-bond acceptors (Lipinski definition) is 4. The van der Waals surface area contributed by atoms with Crippen molar-refractivity contribution < 1.29 is 4.79 Å². The van der Waals surface area contributed by atoms with Gasteiger partial charge in [-0.15, -0.1) is 10.2 Å². The molecule has 1 aromatic carbocycles. The smallest absolute Gasteiger partial charge is 0.255 e. The molecule has 112 valence electrons. The van der Waals surface area contributed by atoms with E-state index in [0.717, 1.165) is 11.3 Å². The summed E-state index contributed by atoms with van der Waals surface area (Å²) in [5.74, 6) is -0.172. The van der Waals surface area contributed by atoms with Gasteiger partial charge in [-0.05, 0) is 36.4 Å². The van der Waals surface area contributed by atoms with E-state index in [-0.39, 0.29) is 5.91 Å². The highest BCUT2D eigenvalue weighted by molar-refractivity contribution is 6.04. The Morgan fingerprint density at radius 1 is 1.04 bits per heavy atom. The summed E-state index contributed by atoms with van der Waals surface area (Å²) in [4.78, 5) is 16.3. The molecular formula is C16H12N6O. The van der Waals surface area contributed by atoms with Crippen LogP contribution in [0.25, 0.3) is 11.3 Å². The lowest BCUT2D eigenvalue weighted by Gasteiger charge is -2.07. The molecule has 4 rings (SSSR count). The lowest BCUT2D eigenvalue weighted by atomic mass is 10.2. The third kappa shape index (κ3) is 2.55. The van der Waals surface area contributed by atoms with Gasteiger partial charge in [0.05, 0.1) is 12.0 Å². The fourth-order valence-corrected chi connectivity index (χ4v) is 2.30. The number of carbonyl (C=O) groups excluding carboxylic acids is 1. The molecule has 3 aromatic heterocycles. The number of amides is 1. The first-order chi connectivity index (χ1) is 11.3. The normalized spacial score (nSPS) is 10.8. The molecule has 0 unspecified atom stereocenters. The molecule has 0 atom stereocenters. The van der Waals surface area contributed by atoms with Crippen molar-refractivity contribution in [3.05, 3.63) is 73.2 Å². The lowest BCUT2D eigenvalue weighted by molar-refractivity contribution is 0.102. The standard InChI is InChI=1S/C16H12N6O/c23-16(19-13-3-6-15-20-18-11-22(15)9-13)12-1-4-14(5-2-12)21-8-7-17-10-21/h1-11H,(H,19,23). The highest BCUT2D eigenvalue weighted by Gasteiger charge is 2.07. The average Bonchev–Trinajstić information content (AvgIpc) is 3.26. The van der Waals surface area contributed by atoms with E-state index in [1.807, 2.05) is 22.9 Å². The zero-order valence-electron chi connectivity index (χ0n) is 12.0. The molecule has 0 saturated carbocycles. The Balaban J connectivity index is 1.54. The number of rotatable bonds is 3. The Bertz CT molecular complexity index is 956. The fraction of sp³-hybridized carbons (Fsp3) is 0. The van der Waals surface area contributed by atoms with E-state index < -0.39 is 0 Å². The van der Waals surface area contributed by atoms with E-state index in [1.54, 1.807) is 53.7 Å². The third-order valence-corrected chi connectivity index (χ3v) is 3.48. The third-order valence-electron chi connectivity index (χ3n) is 3.48. The van der Waals surface area contributed by atoms with Gasteiger partial charge < -0.3 is 9.88 Å². The molecule has 4 aromatic rings. The zero-order valence-corrected chi connectivity index (χ0v) is 12.0. The summed E-state index contributed by atoms with van der Waals surface area (Å²) < 4.78 is 3.62. The van der Waals surface area contributed by atoms with Gasteiger partial charge in [-0.2, -0.15) is 0 Å². The molecule has 1 N–H and O–H groups in total. The summed E-state index contributed by atoms with van der Waals surface area (Å²) in [5, 5.41) is 10.6. The molecule has 0 radical (unpaired) electrons. The van der Waals surface area contributed by atoms with Crippen molar-refractivity contribution in [2.24, 2.45) is 0 Å². The molecule has 1 amide bonds. The van der Waals surface area contributed by atoms with E-state index in [1.165, 1.54) is 0 Å². The monoisotopic (exact) mass is 304 g/mol. The van der Waals surface area contributed by atoms with E-state index in [2.05, 4.69) is 20.5 Å². The summed E-state index contributed by atoms with van der Waals surface area (Å²) in [7, 11) is 0. The van der Waals surface area contributed by atoms with E-state index in [0.29, 0.717) is 11.3 Å². The summed E-state index contributed by atoms with van der Waals surface area (Å²) in [6, 6.07) is 10.9. The van der Waals surface area contributed by atoms with Crippen LogP contribution in [0.4, 0.5) is 5.69 Å². The topological polar surface area (TPSA) is 77.1 Å². The minimum Gasteiger partial charge on any atom is -0.321 e. The molecule has 0 saturated heterocycles. The molecule has 7 heteroatoms. The average molecular weight is 304 g/mol. The zero-order chi connectivity index (χ0) is 15.6. The van der Waals surface area contributed by atoms with Gasteiger partial charge in [0.1, 0.15) is 6.33 Å². The maximum atomic E-state index is 12.3. The first-order valence-corrected chi connectivity index (χ1v) is 6.99. The molecule has 0 aliphatic rings. The number of nitrogens with one attached hydrogen (secondary N) is 1. The molecule has 7 nitrogen and oxygen atoms in total. The highest BCUT2D eigenvalue weighted by atomic mass is 16.1. The Morgan fingerprint density at radius 2 is 1.91 bits per heavy atom. The van der Waals surface area contributed by atoms with Gasteiger partial charge in [0.2, 0.25) is 0 Å². The molecule has 0 fully saturated rings. The van der Waals surface area contributed by atoms with Gasteiger partial charge in [-0.1, -0.05) is 0 Å². The van der Waals surface area contributed by atoms with E-state index in [4.69, 9.17) is 0 Å². The molecule has 0 spiro atoms. The molecule has 23 heavy (non-hydrogen) atoms. The van der Waals surface area contributed by atoms with Gasteiger partial charge in [0, 0.05) is 29.8 Å². The molecule has 0 aliphatic carbocycles. The number of anilines is 1. The van der Waals surface area contributed by atoms with Crippen molar-refractivity contribution >= 4 is 17.2 Å². The highest BCUT2D eigenvalue weighted by Crippen LogP contribution is 2.13. The van der Waals surface area contributed by atoms with Gasteiger partial charge in [0.15, 0.2) is 5.65 Å². The van der Waals surface area contributed by atoms with Gasteiger partial charge in [-0.25, -0.2) is 4.98 Å². The second-order valence-corrected chi connectivity index (χ2v) is 4.99. The Morgan fingerprint density at radius 3 is 2.70 bits per heavy atom. The summed E-state index contributed by atoms with van der Waals surface area (Å²) in [6.45, 7) is 0. The quantitative estimate of drug-likeness (QED) is 0.629. The summed E-state index contributed by atoms with van der Waals surface area (Å²) >= 11 is 0. The first-order valence-electron chi connectivity index (χ1n) is 6.99. The summed E-state index contributed by atoms with van der Waals surface area (Å²) in [6.07, 6.45) is 8.63. The van der Waals surface area contributed by atoms with Crippen LogP contribution in [0.5, 0.6) is 0 Å². The SMILES string of the molecule is O=C(Nc1ccc2nncn2c1)c1ccc(-n2ccnc2)cc1. The predicted molar refractivity (Wildman–Crippen MR) is 84.5 cm³/mol. The molecule has 0 aliphatic heterocycles. The largest absolute Gasteiger partial charge is 0.321 e. The van der Waals surface area contributed by atoms with Crippen LogP contribution in [0.2, 0.25) is 0 Å². The van der Waals surface area contributed by atoms with Crippen LogP contribution in [0.3, 0.4) is 0 Å². The summed E-state index contributed by atoms with van der Waals surface area (Å²) in [5.41, 5.74) is 2.94. The second-order valence-electron chi connectivity index (χ2n) is 4.99. The number of nitrogens with zero attached hydrogens (tertiary/aromatic N) is 5. The van der Waals surface area contributed by atoms with Crippen molar-refractivity contribution in [3.63, 3.8) is 0 Å². The van der Waals surface area contributed by atoms with Crippen molar-refractivity contribution in [2.75, 3.05) is 5.32 Å². The Hall–Kier alpha value is -3.48. The Kier molecular flexibility index (Phi) is 3.09. The molecule has 0 bridgehead atoms. The number of pyridine rings is 1. The van der Waals surface area contributed by atoms with Crippen molar-refractivity contribution in [2.45, 2.75) is 0 Å². The number of hydrogen-bond donors (Lipinski definition) is 1. The lowest BCUT2D eigenvalue weighted by Crippen LogP contribution is -2.12. The maximum absolute atomic E-state index is 12.3. The van der Waals surface area contributed by atoms with Crippen molar-refractivity contribution in [1.82, 2.24) is 24.1 Å². The van der Waals surface area contributed by atoms with Crippen LogP contribution in [-0.2, 0) is 0 Å². The van der Waals surface area contributed by atoms with Crippen LogP contribution in [-0.4, -0.2) is 30.1 Å². The van der Waals surface area contributed by atoms with Gasteiger partial charge in [0.25, 0.3) is 5.91 Å². The van der Waals surface area contributed by atoms with Crippen molar-refractivity contribution in [1.29, 1.82) is 0 Å². The van der Waals surface area contributed by atoms with Crippen LogP contribution in [0.15, 0.2) is 67.6 Å². The minimum absolute atomic E-state index is 0.172. The van der Waals surface area contributed by atoms with E-state index >= 15 is 0 Å². The molecular weight excluding hydrogens is 292 g/mol. The second kappa shape index (κ2) is 5.38. The number of aromatic nitrogens is 5. The van der Waals surface area contributed by atoms with Crippen LogP contribution < -0.4 is 5.32 Å². The van der Waals surface area contributed by atoms with Gasteiger partial charge >= 0.3 is 0 Å². The number of fused-ring (bicyclic) bond motifs is 1. The van der Waals surface area contributed by atoms with Crippen LogP contribution >= 0.6 is 0 Å². The fourth-order valence-electron chi connectivity index (χ4n) is 2.30. The number of carbonyl (C=O) groups is 1. The number of benzene rings is 1. The first kappa shape index (κ1) is 13.2. The Labute approximate surface area is 131 Å². The van der Waals surface area contributed by atoms with Crippen LogP contribution in [0.1, 0.15) is 10.4 Å². The van der Waals surface area contributed by atoms with Crippen LogP contribution in [0, 0.1) is 0 Å². The maximum Gasteiger partial charge on any atom is 0.255 e. The number of imidazole rings is 1. The van der Waals surface area contributed by atoms with E-state index in [9.17, 15) is 4.79 Å². The minimum atomic E-state index is -0.172.